The minimum Gasteiger partial charge on any atom is -0.497 e. The zero-order valence-corrected chi connectivity index (χ0v) is 13.3. The molecule has 1 aromatic heterocycles. The normalized spacial score (nSPS) is 10.7. The number of furan rings is 1. The summed E-state index contributed by atoms with van der Waals surface area (Å²) in [6.07, 6.45) is 0. The highest BCUT2D eigenvalue weighted by molar-refractivity contribution is 6.31. The van der Waals surface area contributed by atoms with Crippen molar-refractivity contribution in [2.45, 2.75) is 0 Å². The SMILES string of the molecule is COc1ccc(OC)c(C(=O)c2oc3ccc(Cl)cc3c2N)c1. The van der Waals surface area contributed by atoms with Gasteiger partial charge in [0.25, 0.3) is 0 Å². The highest BCUT2D eigenvalue weighted by Gasteiger charge is 2.23. The number of ketones is 1. The maximum absolute atomic E-state index is 12.8. The van der Waals surface area contributed by atoms with Crippen molar-refractivity contribution >= 4 is 34.0 Å². The fourth-order valence-electron chi connectivity index (χ4n) is 2.37. The van der Waals surface area contributed by atoms with Crippen LogP contribution in [-0.4, -0.2) is 20.0 Å². The first-order valence-corrected chi connectivity index (χ1v) is 7.17. The Morgan fingerprint density at radius 3 is 2.61 bits per heavy atom. The molecule has 0 atom stereocenters. The first kappa shape index (κ1) is 15.2. The maximum Gasteiger partial charge on any atom is 0.234 e. The van der Waals surface area contributed by atoms with E-state index in [1.54, 1.807) is 36.4 Å². The highest BCUT2D eigenvalue weighted by Crippen LogP contribution is 2.34. The molecule has 3 aromatic rings. The quantitative estimate of drug-likeness (QED) is 0.733. The molecule has 1 heterocycles. The molecule has 23 heavy (non-hydrogen) atoms. The molecule has 0 saturated carbocycles. The number of ether oxygens (including phenoxy) is 2. The van der Waals surface area contributed by atoms with E-state index >= 15 is 0 Å². The molecular weight excluding hydrogens is 318 g/mol. The predicted octanol–water partition coefficient (Wildman–Crippen LogP) is 3.92. The van der Waals surface area contributed by atoms with Gasteiger partial charge in [0.2, 0.25) is 5.78 Å². The van der Waals surface area contributed by atoms with Crippen LogP contribution < -0.4 is 15.2 Å². The average molecular weight is 332 g/mol. The Balaban J connectivity index is 2.15. The summed E-state index contributed by atoms with van der Waals surface area (Å²) in [6.45, 7) is 0. The van der Waals surface area contributed by atoms with E-state index in [9.17, 15) is 4.79 Å². The van der Waals surface area contributed by atoms with Crippen LogP contribution in [0.3, 0.4) is 0 Å². The van der Waals surface area contributed by atoms with Crippen LogP contribution in [0.5, 0.6) is 11.5 Å². The summed E-state index contributed by atoms with van der Waals surface area (Å²) in [5.74, 6) is 0.611. The van der Waals surface area contributed by atoms with E-state index in [4.69, 9.17) is 31.2 Å². The average Bonchev–Trinajstić information content (AvgIpc) is 2.90. The van der Waals surface area contributed by atoms with Crippen LogP contribution in [0.4, 0.5) is 5.69 Å². The third kappa shape index (κ3) is 2.59. The lowest BCUT2D eigenvalue weighted by atomic mass is 10.1. The van der Waals surface area contributed by atoms with E-state index in [1.165, 1.54) is 14.2 Å². The summed E-state index contributed by atoms with van der Waals surface area (Å²) in [5, 5.41) is 1.12. The molecule has 0 aliphatic rings. The van der Waals surface area contributed by atoms with E-state index in [2.05, 4.69) is 0 Å². The molecule has 0 saturated heterocycles. The first-order chi connectivity index (χ1) is 11.0. The number of nitrogen functional groups attached to an aromatic ring is 1. The highest BCUT2D eigenvalue weighted by atomic mass is 35.5. The zero-order chi connectivity index (χ0) is 16.6. The Morgan fingerprint density at radius 2 is 1.91 bits per heavy atom. The number of carbonyl (C=O) groups excluding carboxylic acids is 1. The van der Waals surface area contributed by atoms with Crippen molar-refractivity contribution in [2.75, 3.05) is 20.0 Å². The summed E-state index contributed by atoms with van der Waals surface area (Å²) in [4.78, 5) is 12.8. The summed E-state index contributed by atoms with van der Waals surface area (Å²) in [5.41, 5.74) is 7.12. The number of anilines is 1. The Labute approximate surface area is 137 Å². The van der Waals surface area contributed by atoms with Gasteiger partial charge in [-0.25, -0.2) is 0 Å². The van der Waals surface area contributed by atoms with Gasteiger partial charge in [0.15, 0.2) is 5.76 Å². The number of halogens is 1. The van der Waals surface area contributed by atoms with Crippen LogP contribution in [-0.2, 0) is 0 Å². The van der Waals surface area contributed by atoms with Gasteiger partial charge in [-0.2, -0.15) is 0 Å². The number of benzene rings is 2. The Kier molecular flexibility index (Phi) is 3.88. The predicted molar refractivity (Wildman–Crippen MR) is 88.6 cm³/mol. The number of hydrogen-bond donors (Lipinski definition) is 1. The van der Waals surface area contributed by atoms with Crippen LogP contribution in [0.25, 0.3) is 11.0 Å². The van der Waals surface area contributed by atoms with E-state index in [0.29, 0.717) is 33.1 Å². The lowest BCUT2D eigenvalue weighted by molar-refractivity contribution is 0.101. The van der Waals surface area contributed by atoms with Crippen molar-refractivity contribution in [1.29, 1.82) is 0 Å². The zero-order valence-electron chi connectivity index (χ0n) is 12.6. The van der Waals surface area contributed by atoms with Crippen LogP contribution in [0.15, 0.2) is 40.8 Å². The van der Waals surface area contributed by atoms with Gasteiger partial charge in [0.05, 0.1) is 25.5 Å². The molecule has 0 spiro atoms. The van der Waals surface area contributed by atoms with Gasteiger partial charge in [-0.15, -0.1) is 0 Å². The molecule has 5 nitrogen and oxygen atoms in total. The van der Waals surface area contributed by atoms with E-state index < -0.39 is 0 Å². The van der Waals surface area contributed by atoms with Crippen molar-refractivity contribution in [3.8, 4) is 11.5 Å². The molecule has 0 fully saturated rings. The molecule has 0 amide bonds. The maximum atomic E-state index is 12.8. The molecule has 0 unspecified atom stereocenters. The molecule has 2 N–H and O–H groups in total. The summed E-state index contributed by atoms with van der Waals surface area (Å²) in [7, 11) is 3.01. The third-order valence-electron chi connectivity index (χ3n) is 3.55. The smallest absolute Gasteiger partial charge is 0.234 e. The van der Waals surface area contributed by atoms with E-state index in [0.717, 1.165) is 0 Å². The molecular formula is C17H14ClNO4. The monoisotopic (exact) mass is 331 g/mol. The number of rotatable bonds is 4. The topological polar surface area (TPSA) is 74.7 Å². The summed E-state index contributed by atoms with van der Waals surface area (Å²) in [6, 6.07) is 9.95. The number of fused-ring (bicyclic) bond motifs is 1. The van der Waals surface area contributed by atoms with Crippen molar-refractivity contribution < 1.29 is 18.7 Å². The molecule has 0 aliphatic heterocycles. The van der Waals surface area contributed by atoms with Crippen molar-refractivity contribution in [2.24, 2.45) is 0 Å². The van der Waals surface area contributed by atoms with Crippen molar-refractivity contribution in [1.82, 2.24) is 0 Å². The summed E-state index contributed by atoms with van der Waals surface area (Å²) < 4.78 is 16.0. The number of carbonyl (C=O) groups is 1. The standard InChI is InChI=1S/C17H14ClNO4/c1-21-10-4-6-13(22-2)12(8-10)16(20)17-15(19)11-7-9(18)3-5-14(11)23-17/h3-8H,19H2,1-2H3. The van der Waals surface area contributed by atoms with Crippen LogP contribution >= 0.6 is 11.6 Å². The molecule has 0 aliphatic carbocycles. The fourth-order valence-corrected chi connectivity index (χ4v) is 2.54. The molecule has 0 bridgehead atoms. The van der Waals surface area contributed by atoms with E-state index in [-0.39, 0.29) is 17.2 Å². The van der Waals surface area contributed by atoms with Gasteiger partial charge in [0, 0.05) is 10.4 Å². The second-order valence-electron chi connectivity index (χ2n) is 4.88. The van der Waals surface area contributed by atoms with Crippen LogP contribution in [0.1, 0.15) is 16.1 Å². The van der Waals surface area contributed by atoms with Crippen molar-refractivity contribution in [3.63, 3.8) is 0 Å². The number of hydrogen-bond acceptors (Lipinski definition) is 5. The Bertz CT molecular complexity index is 901. The third-order valence-corrected chi connectivity index (χ3v) is 3.78. The largest absolute Gasteiger partial charge is 0.497 e. The van der Waals surface area contributed by atoms with Gasteiger partial charge < -0.3 is 19.6 Å². The minimum atomic E-state index is -0.384. The number of nitrogens with two attached hydrogens (primary N) is 1. The van der Waals surface area contributed by atoms with Crippen LogP contribution in [0.2, 0.25) is 5.02 Å². The molecule has 118 valence electrons. The second-order valence-corrected chi connectivity index (χ2v) is 5.32. The minimum absolute atomic E-state index is 0.0498. The molecule has 6 heteroatoms. The lowest BCUT2D eigenvalue weighted by Gasteiger charge is -2.08. The van der Waals surface area contributed by atoms with Crippen molar-refractivity contribution in [3.05, 3.63) is 52.7 Å². The fraction of sp³-hybridized carbons (Fsp3) is 0.118. The van der Waals surface area contributed by atoms with Gasteiger partial charge in [-0.3, -0.25) is 4.79 Å². The van der Waals surface area contributed by atoms with Gasteiger partial charge in [0.1, 0.15) is 17.1 Å². The molecule has 0 radical (unpaired) electrons. The molecule has 3 rings (SSSR count). The van der Waals surface area contributed by atoms with Gasteiger partial charge in [-0.1, -0.05) is 11.6 Å². The van der Waals surface area contributed by atoms with Gasteiger partial charge >= 0.3 is 0 Å². The Hall–Kier alpha value is -2.66. The van der Waals surface area contributed by atoms with E-state index in [1.807, 2.05) is 0 Å². The Morgan fingerprint density at radius 1 is 1.13 bits per heavy atom. The second kappa shape index (κ2) is 5.85. The van der Waals surface area contributed by atoms with Gasteiger partial charge in [-0.05, 0) is 36.4 Å². The summed E-state index contributed by atoms with van der Waals surface area (Å²) >= 11 is 5.97. The lowest BCUT2D eigenvalue weighted by Crippen LogP contribution is -2.05. The molecule has 2 aromatic carbocycles. The van der Waals surface area contributed by atoms with Crippen LogP contribution in [0, 0.1) is 0 Å². The number of methoxy groups -OCH3 is 2. The first-order valence-electron chi connectivity index (χ1n) is 6.79.